The molecule has 3 aromatic carbocycles. The molecule has 47 heavy (non-hydrogen) atoms. The number of aliphatic imine (C=N–C) groups is 3. The molecule has 248 valence electrons. The smallest absolute Gasteiger partial charge is 0.406 e. The van der Waals surface area contributed by atoms with Gasteiger partial charge in [-0.25, -0.2) is 9.79 Å². The molecule has 0 aliphatic carbocycles. The maximum Gasteiger partial charge on any atom is 0.573 e. The number of carbonyl (C=O) groups excluding carboxylic acids is 1. The molecule has 2 aliphatic heterocycles. The van der Waals surface area contributed by atoms with Crippen LogP contribution in [0.5, 0.6) is 5.75 Å². The molecule has 1 saturated heterocycles. The largest absolute Gasteiger partial charge is 0.573 e. The van der Waals surface area contributed by atoms with E-state index in [0.29, 0.717) is 24.2 Å². The van der Waals surface area contributed by atoms with E-state index in [-0.39, 0.29) is 17.8 Å². The molecular weight excluding hydrogens is 623 g/mol. The molecule has 7 nitrogen and oxygen atoms in total. The van der Waals surface area contributed by atoms with Crippen molar-refractivity contribution < 1.29 is 22.7 Å². The lowest BCUT2D eigenvalue weighted by atomic mass is 9.97. The van der Waals surface area contributed by atoms with E-state index >= 15 is 0 Å². The number of nitrogens with one attached hydrogen (secondary N) is 1. The van der Waals surface area contributed by atoms with Gasteiger partial charge in [0.25, 0.3) is 0 Å². The number of hydrogen-bond donors (Lipinski definition) is 1. The second kappa shape index (κ2) is 15.2. The Morgan fingerprint density at radius 1 is 1.09 bits per heavy atom. The number of rotatable bonds is 10. The first-order valence-electron chi connectivity index (χ1n) is 15.9. The van der Waals surface area contributed by atoms with Crippen molar-refractivity contribution in [2.45, 2.75) is 65.3 Å². The lowest BCUT2D eigenvalue weighted by Crippen LogP contribution is -2.36. The Kier molecular flexibility index (Phi) is 11.1. The van der Waals surface area contributed by atoms with Gasteiger partial charge in [0.15, 0.2) is 11.0 Å². The molecule has 0 aromatic heterocycles. The number of halogens is 3. The van der Waals surface area contributed by atoms with Gasteiger partial charge in [0.2, 0.25) is 0 Å². The van der Waals surface area contributed by atoms with Gasteiger partial charge in [-0.15, -0.1) is 13.2 Å². The molecule has 0 spiro atoms. The Hall–Kier alpha value is -4.12. The molecule has 3 aromatic rings. The number of amidine groups is 2. The molecule has 2 amide bonds. The van der Waals surface area contributed by atoms with Crippen molar-refractivity contribution in [3.63, 3.8) is 0 Å². The van der Waals surface area contributed by atoms with Gasteiger partial charge >= 0.3 is 12.4 Å². The highest BCUT2D eigenvalue weighted by molar-refractivity contribution is 8.14. The maximum atomic E-state index is 12.8. The highest BCUT2D eigenvalue weighted by atomic mass is 32.2. The molecule has 0 saturated carbocycles. The Morgan fingerprint density at radius 3 is 2.53 bits per heavy atom. The lowest BCUT2D eigenvalue weighted by molar-refractivity contribution is -0.274. The summed E-state index contributed by atoms with van der Waals surface area (Å²) < 4.78 is 41.3. The topological polar surface area (TPSA) is 78.7 Å². The summed E-state index contributed by atoms with van der Waals surface area (Å²) in [7, 11) is 0. The molecular formula is C36H40F3N5O2S. The fourth-order valence-corrected chi connectivity index (χ4v) is 6.56. The zero-order chi connectivity index (χ0) is 33.6. The van der Waals surface area contributed by atoms with Crippen LogP contribution < -0.4 is 15.0 Å². The minimum atomic E-state index is -4.73. The van der Waals surface area contributed by atoms with Crippen molar-refractivity contribution in [2.75, 3.05) is 23.7 Å². The average Bonchev–Trinajstić information content (AvgIpc) is 3.51. The second-order valence-electron chi connectivity index (χ2n) is 12.3. The predicted molar refractivity (Wildman–Crippen MR) is 185 cm³/mol. The van der Waals surface area contributed by atoms with Crippen molar-refractivity contribution in [3.8, 4) is 5.75 Å². The van der Waals surface area contributed by atoms with Crippen LogP contribution in [-0.2, 0) is 6.42 Å². The number of alkyl halides is 3. The van der Waals surface area contributed by atoms with Crippen LogP contribution >= 0.6 is 11.8 Å². The van der Waals surface area contributed by atoms with E-state index in [2.05, 4.69) is 88.0 Å². The van der Waals surface area contributed by atoms with Gasteiger partial charge in [0.05, 0.1) is 0 Å². The Morgan fingerprint density at radius 2 is 1.83 bits per heavy atom. The van der Waals surface area contributed by atoms with E-state index in [1.165, 1.54) is 28.8 Å². The number of urea groups is 1. The van der Waals surface area contributed by atoms with Gasteiger partial charge in [-0.05, 0) is 78.5 Å². The van der Waals surface area contributed by atoms with E-state index in [1.807, 2.05) is 12.1 Å². The number of thioether (sulfide) groups is 1. The van der Waals surface area contributed by atoms with E-state index in [4.69, 9.17) is 0 Å². The molecule has 5 rings (SSSR count). The van der Waals surface area contributed by atoms with Gasteiger partial charge in [-0.3, -0.25) is 4.99 Å². The second-order valence-corrected chi connectivity index (χ2v) is 13.3. The summed E-state index contributed by atoms with van der Waals surface area (Å²) in [6.45, 7) is 10.0. The first-order valence-corrected chi connectivity index (χ1v) is 16.9. The summed E-state index contributed by atoms with van der Waals surface area (Å²) in [5, 5.41) is 3.74. The minimum Gasteiger partial charge on any atom is -0.406 e. The summed E-state index contributed by atoms with van der Waals surface area (Å²) in [4.78, 5) is 28.6. The van der Waals surface area contributed by atoms with Crippen molar-refractivity contribution in [3.05, 3.63) is 94.5 Å². The molecule has 1 fully saturated rings. The fraction of sp³-hybridized carbons (Fsp3) is 0.389. The number of hydrogen-bond acceptors (Lipinski definition) is 5. The third-order valence-corrected chi connectivity index (χ3v) is 9.11. The zero-order valence-electron chi connectivity index (χ0n) is 27.1. The van der Waals surface area contributed by atoms with Crippen molar-refractivity contribution in [1.82, 2.24) is 5.32 Å². The summed E-state index contributed by atoms with van der Waals surface area (Å²) in [6.07, 6.45) is -0.340. The Labute approximate surface area is 278 Å². The summed E-state index contributed by atoms with van der Waals surface area (Å²) >= 11 is 1.63. The molecule has 2 atom stereocenters. The highest BCUT2D eigenvalue weighted by Gasteiger charge is 2.31. The Bertz CT molecular complexity index is 1640. The van der Waals surface area contributed by atoms with Crippen molar-refractivity contribution in [1.29, 1.82) is 0 Å². The van der Waals surface area contributed by atoms with Crippen LogP contribution in [0.2, 0.25) is 0 Å². The third-order valence-electron chi connectivity index (χ3n) is 8.05. The molecule has 2 aliphatic rings. The predicted octanol–water partition coefficient (Wildman–Crippen LogP) is 8.87. The number of amides is 2. The first kappa shape index (κ1) is 34.2. The van der Waals surface area contributed by atoms with E-state index in [1.54, 1.807) is 30.1 Å². The van der Waals surface area contributed by atoms with E-state index < -0.39 is 6.36 Å². The van der Waals surface area contributed by atoms with Crippen LogP contribution in [-0.4, -0.2) is 48.5 Å². The number of anilines is 1. The number of nitrogens with zero attached hydrogens (tertiary/aromatic N) is 4. The SMILES string of the molecule is Cc1ccc(C(C)C)c(N2CCCSC2=NC(=O)NCCC(C)Cc2ccc(C3=NC(c4ccc(OC(F)(F)F)cc4)C=N3)cc2)c1. The fourth-order valence-electron chi connectivity index (χ4n) is 5.61. The molecule has 2 heterocycles. The Balaban J connectivity index is 1.11. The van der Waals surface area contributed by atoms with Crippen LogP contribution in [0, 0.1) is 12.8 Å². The summed E-state index contributed by atoms with van der Waals surface area (Å²) in [6, 6.07) is 19.6. The minimum absolute atomic E-state index is 0.273. The first-order chi connectivity index (χ1) is 22.4. The van der Waals surface area contributed by atoms with Crippen molar-refractivity contribution >= 4 is 40.7 Å². The van der Waals surface area contributed by atoms with Gasteiger partial charge in [0.1, 0.15) is 11.8 Å². The van der Waals surface area contributed by atoms with Crippen LogP contribution in [0.1, 0.15) is 73.4 Å². The van der Waals surface area contributed by atoms with Gasteiger partial charge < -0.3 is 15.0 Å². The van der Waals surface area contributed by atoms with Crippen LogP contribution in [0.15, 0.2) is 81.7 Å². The van der Waals surface area contributed by atoms with E-state index in [0.717, 1.165) is 53.5 Å². The normalized spacial score (nSPS) is 18.0. The molecule has 0 radical (unpaired) electrons. The van der Waals surface area contributed by atoms with Crippen molar-refractivity contribution in [2.24, 2.45) is 20.9 Å². The summed E-state index contributed by atoms with van der Waals surface area (Å²) in [5.74, 6) is 1.95. The number of benzene rings is 3. The van der Waals surface area contributed by atoms with Crippen LogP contribution in [0.3, 0.4) is 0 Å². The quantitative estimate of drug-likeness (QED) is 0.235. The number of aryl methyl sites for hydroxylation is 1. The van der Waals surface area contributed by atoms with Gasteiger partial charge in [-0.1, -0.05) is 81.1 Å². The highest BCUT2D eigenvalue weighted by Crippen LogP contribution is 2.33. The molecule has 1 N–H and O–H groups in total. The van der Waals surface area contributed by atoms with Crippen LogP contribution in [0.4, 0.5) is 23.7 Å². The third kappa shape index (κ3) is 9.47. The van der Waals surface area contributed by atoms with E-state index in [9.17, 15) is 18.0 Å². The zero-order valence-corrected chi connectivity index (χ0v) is 27.9. The maximum absolute atomic E-state index is 12.8. The molecule has 11 heteroatoms. The molecule has 0 bridgehead atoms. The molecule has 2 unspecified atom stereocenters. The standard InChI is InChI=1S/C36H40F3N5O2S/c1-23(2)30-15-6-24(3)21-32(30)44-18-5-19-47-35(44)43-34(45)40-17-16-25(4)20-26-7-9-28(10-8-26)33-41-22-31(42-33)27-11-13-29(14-12-27)46-36(37,38)39/h6-15,21-23,25,31H,5,16-20H2,1-4H3,(H,40,45). The van der Waals surface area contributed by atoms with Gasteiger partial charge in [0, 0.05) is 36.3 Å². The average molecular weight is 664 g/mol. The van der Waals surface area contributed by atoms with Gasteiger partial charge in [-0.2, -0.15) is 4.99 Å². The van der Waals surface area contributed by atoms with Crippen LogP contribution in [0.25, 0.3) is 0 Å². The monoisotopic (exact) mass is 663 g/mol. The number of carbonyl (C=O) groups is 1. The lowest BCUT2D eigenvalue weighted by Gasteiger charge is -2.32. The number of ether oxygens (including phenoxy) is 1. The summed E-state index contributed by atoms with van der Waals surface area (Å²) in [5.41, 5.74) is 6.34.